The van der Waals surface area contributed by atoms with E-state index in [1.807, 2.05) is 12.3 Å². The summed E-state index contributed by atoms with van der Waals surface area (Å²) in [5.41, 5.74) is 6.97. The molecule has 1 rings (SSSR count). The van der Waals surface area contributed by atoms with Gasteiger partial charge >= 0.3 is 0 Å². The minimum atomic E-state index is 1.03. The summed E-state index contributed by atoms with van der Waals surface area (Å²) in [6, 6.07) is 4.12. The van der Waals surface area contributed by atoms with Crippen LogP contribution >= 0.6 is 0 Å². The van der Waals surface area contributed by atoms with Crippen LogP contribution in [0.3, 0.4) is 0 Å². The quantitative estimate of drug-likeness (QED) is 0.662. The van der Waals surface area contributed by atoms with Gasteiger partial charge < -0.3 is 5.73 Å². The van der Waals surface area contributed by atoms with Crippen molar-refractivity contribution < 1.29 is 0 Å². The van der Waals surface area contributed by atoms with Gasteiger partial charge in [-0.05, 0) is 38.1 Å². The van der Waals surface area contributed by atoms with Crippen LogP contribution in [0.15, 0.2) is 18.3 Å². The second-order valence-electron chi connectivity index (χ2n) is 2.18. The number of nitrogens with zero attached hydrogens (tertiary/aromatic N) is 1. The number of aryl methyl sites for hydroxylation is 2. The smallest absolute Gasteiger partial charge is 0.0403 e. The Morgan fingerprint density at radius 1 is 1.45 bits per heavy atom. The van der Waals surface area contributed by atoms with E-state index in [-0.39, 0.29) is 0 Å². The molecule has 0 aliphatic rings. The predicted octanol–water partition coefficient (Wildman–Crippen LogP) is 1.53. The van der Waals surface area contributed by atoms with Crippen LogP contribution in [-0.2, 0) is 6.42 Å². The predicted molar refractivity (Wildman–Crippen MR) is 48.5 cm³/mol. The Morgan fingerprint density at radius 3 is 2.45 bits per heavy atom. The van der Waals surface area contributed by atoms with Crippen LogP contribution in [-0.4, -0.2) is 12.0 Å². The van der Waals surface area contributed by atoms with Crippen molar-refractivity contribution in [3.8, 4) is 0 Å². The Hall–Kier alpha value is -0.890. The molecule has 2 heteroatoms. The molecule has 0 amide bonds. The molecule has 0 aliphatic heterocycles. The van der Waals surface area contributed by atoms with Gasteiger partial charge in [0, 0.05) is 11.9 Å². The van der Waals surface area contributed by atoms with Crippen molar-refractivity contribution in [2.24, 2.45) is 5.73 Å². The van der Waals surface area contributed by atoms with Gasteiger partial charge in [0.25, 0.3) is 0 Å². The monoisotopic (exact) mass is 152 g/mol. The largest absolute Gasteiger partial charge is 0.333 e. The molecule has 0 unspecified atom stereocenters. The van der Waals surface area contributed by atoms with Crippen molar-refractivity contribution >= 4 is 0 Å². The van der Waals surface area contributed by atoms with E-state index in [1.165, 1.54) is 18.3 Å². The van der Waals surface area contributed by atoms with Crippen LogP contribution in [0, 0.1) is 6.92 Å². The maximum Gasteiger partial charge on any atom is 0.0403 e. The Labute approximate surface area is 68.5 Å². The standard InChI is InChI=1S/C8H11N.CH5N/c1-3-8-6-7(2)4-5-9-8;1-2/h4-6H,3H2,1-2H3;2H2,1H3. The summed E-state index contributed by atoms with van der Waals surface area (Å²) < 4.78 is 0. The second-order valence-corrected chi connectivity index (χ2v) is 2.18. The van der Waals surface area contributed by atoms with Crippen LogP contribution in [0.2, 0.25) is 0 Å². The SMILES string of the molecule is CCc1cc(C)ccn1.CN. The fraction of sp³-hybridized carbons (Fsp3) is 0.444. The van der Waals surface area contributed by atoms with E-state index in [9.17, 15) is 0 Å². The summed E-state index contributed by atoms with van der Waals surface area (Å²) in [5.74, 6) is 0. The van der Waals surface area contributed by atoms with Gasteiger partial charge in [0.2, 0.25) is 0 Å². The molecule has 0 radical (unpaired) electrons. The third-order valence-corrected chi connectivity index (χ3v) is 1.33. The molecular formula is C9H16N2. The molecule has 0 spiro atoms. The van der Waals surface area contributed by atoms with E-state index < -0.39 is 0 Å². The van der Waals surface area contributed by atoms with Crippen LogP contribution in [0.1, 0.15) is 18.2 Å². The first-order valence-electron chi connectivity index (χ1n) is 3.82. The molecule has 1 aromatic heterocycles. The van der Waals surface area contributed by atoms with Crippen molar-refractivity contribution in [1.82, 2.24) is 4.98 Å². The molecular weight excluding hydrogens is 136 g/mol. The van der Waals surface area contributed by atoms with E-state index in [0.717, 1.165) is 6.42 Å². The van der Waals surface area contributed by atoms with E-state index in [0.29, 0.717) is 0 Å². The fourth-order valence-electron chi connectivity index (χ4n) is 0.792. The van der Waals surface area contributed by atoms with Crippen LogP contribution < -0.4 is 5.73 Å². The zero-order valence-corrected chi connectivity index (χ0v) is 7.46. The number of aromatic nitrogens is 1. The maximum atomic E-state index is 4.50. The topological polar surface area (TPSA) is 38.9 Å². The summed E-state index contributed by atoms with van der Waals surface area (Å²) in [6.45, 7) is 4.20. The normalized spacial score (nSPS) is 8.36. The summed E-state index contributed by atoms with van der Waals surface area (Å²) >= 11 is 0. The second kappa shape index (κ2) is 5.86. The molecule has 1 heterocycles. The number of hydrogen-bond acceptors (Lipinski definition) is 2. The number of hydrogen-bond donors (Lipinski definition) is 1. The molecule has 1 aromatic rings. The van der Waals surface area contributed by atoms with Crippen molar-refractivity contribution in [2.75, 3.05) is 7.05 Å². The Morgan fingerprint density at radius 2 is 2.09 bits per heavy atom. The highest BCUT2D eigenvalue weighted by Gasteiger charge is 1.87. The Balaban J connectivity index is 0.000000461. The molecule has 11 heavy (non-hydrogen) atoms. The van der Waals surface area contributed by atoms with Crippen molar-refractivity contribution in [2.45, 2.75) is 20.3 Å². The highest BCUT2D eigenvalue weighted by atomic mass is 14.7. The van der Waals surface area contributed by atoms with E-state index in [4.69, 9.17) is 0 Å². The van der Waals surface area contributed by atoms with Crippen LogP contribution in [0.25, 0.3) is 0 Å². The lowest BCUT2D eigenvalue weighted by Crippen LogP contribution is -1.85. The van der Waals surface area contributed by atoms with Crippen LogP contribution in [0.4, 0.5) is 0 Å². The number of pyridine rings is 1. The molecule has 62 valence electrons. The third kappa shape index (κ3) is 3.73. The van der Waals surface area contributed by atoms with Crippen molar-refractivity contribution in [1.29, 1.82) is 0 Å². The minimum Gasteiger partial charge on any atom is -0.333 e. The van der Waals surface area contributed by atoms with Gasteiger partial charge in [-0.15, -0.1) is 0 Å². The molecule has 0 bridgehead atoms. The molecule has 0 saturated heterocycles. The summed E-state index contributed by atoms with van der Waals surface area (Å²) in [6.07, 6.45) is 2.88. The molecule has 0 aromatic carbocycles. The van der Waals surface area contributed by atoms with Gasteiger partial charge in [-0.1, -0.05) is 6.92 Å². The van der Waals surface area contributed by atoms with Crippen LogP contribution in [0.5, 0.6) is 0 Å². The average Bonchev–Trinajstić information content (AvgIpc) is 2.08. The molecule has 0 fully saturated rings. The van der Waals surface area contributed by atoms with E-state index in [2.05, 4.69) is 30.6 Å². The molecule has 2 N–H and O–H groups in total. The van der Waals surface area contributed by atoms with E-state index in [1.54, 1.807) is 0 Å². The Kier molecular flexibility index (Phi) is 5.39. The lowest BCUT2D eigenvalue weighted by molar-refractivity contribution is 1.03. The first-order valence-corrected chi connectivity index (χ1v) is 3.82. The lowest BCUT2D eigenvalue weighted by Gasteiger charge is -1.94. The molecule has 0 saturated carbocycles. The first-order chi connectivity index (χ1) is 5.33. The zero-order valence-electron chi connectivity index (χ0n) is 7.46. The fourth-order valence-corrected chi connectivity index (χ4v) is 0.792. The zero-order chi connectivity index (χ0) is 8.69. The highest BCUT2D eigenvalue weighted by molar-refractivity contribution is 5.13. The summed E-state index contributed by atoms with van der Waals surface area (Å²) in [7, 11) is 1.50. The third-order valence-electron chi connectivity index (χ3n) is 1.33. The maximum absolute atomic E-state index is 4.50. The highest BCUT2D eigenvalue weighted by Crippen LogP contribution is 1.98. The first kappa shape index (κ1) is 10.1. The average molecular weight is 152 g/mol. The molecule has 0 aliphatic carbocycles. The van der Waals surface area contributed by atoms with Gasteiger partial charge in [0.05, 0.1) is 0 Å². The van der Waals surface area contributed by atoms with Gasteiger partial charge in [-0.25, -0.2) is 0 Å². The van der Waals surface area contributed by atoms with Gasteiger partial charge in [0.1, 0.15) is 0 Å². The van der Waals surface area contributed by atoms with Gasteiger partial charge in [0.15, 0.2) is 0 Å². The van der Waals surface area contributed by atoms with Crippen molar-refractivity contribution in [3.05, 3.63) is 29.6 Å². The number of rotatable bonds is 1. The van der Waals surface area contributed by atoms with Gasteiger partial charge in [-0.3, -0.25) is 4.98 Å². The lowest BCUT2D eigenvalue weighted by atomic mass is 10.2. The van der Waals surface area contributed by atoms with Gasteiger partial charge in [-0.2, -0.15) is 0 Å². The summed E-state index contributed by atoms with van der Waals surface area (Å²) in [4.78, 5) is 4.16. The Bertz CT molecular complexity index is 197. The summed E-state index contributed by atoms with van der Waals surface area (Å²) in [5, 5.41) is 0. The molecule has 0 atom stereocenters. The minimum absolute atomic E-state index is 1.03. The molecule has 2 nitrogen and oxygen atoms in total. The van der Waals surface area contributed by atoms with E-state index >= 15 is 0 Å². The number of nitrogens with two attached hydrogens (primary N) is 1. The van der Waals surface area contributed by atoms with Crippen molar-refractivity contribution in [3.63, 3.8) is 0 Å².